The summed E-state index contributed by atoms with van der Waals surface area (Å²) in [4.78, 5) is 16.8. The zero-order chi connectivity index (χ0) is 20.8. The fourth-order valence-corrected chi connectivity index (χ4v) is 2.92. The summed E-state index contributed by atoms with van der Waals surface area (Å²) in [7, 11) is 1.58. The van der Waals surface area contributed by atoms with Crippen LogP contribution in [0, 0.1) is 11.8 Å². The van der Waals surface area contributed by atoms with E-state index in [4.69, 9.17) is 4.74 Å². The largest absolute Gasteiger partial charge is 0.497 e. The molecule has 0 radical (unpaired) electrons. The molecule has 0 spiro atoms. The van der Waals surface area contributed by atoms with E-state index in [-0.39, 0.29) is 36.5 Å². The van der Waals surface area contributed by atoms with Crippen molar-refractivity contribution in [1.29, 1.82) is 0 Å². The van der Waals surface area contributed by atoms with Crippen molar-refractivity contribution in [3.63, 3.8) is 0 Å². The molecule has 0 aromatic heterocycles. The molecular weight excluding hydrogens is 483 g/mol. The molecule has 166 valence electrons. The van der Waals surface area contributed by atoms with E-state index in [1.54, 1.807) is 31.4 Å². The van der Waals surface area contributed by atoms with Crippen LogP contribution in [0.2, 0.25) is 0 Å². The van der Waals surface area contributed by atoms with Crippen molar-refractivity contribution in [2.24, 2.45) is 16.8 Å². The number of hydrogen-bond acceptors (Lipinski definition) is 4. The molecule has 0 heterocycles. The van der Waals surface area contributed by atoms with Crippen LogP contribution in [0.3, 0.4) is 0 Å². The SMILES string of the molecule is CCNC(=NCC(CCO)CC(C)C)NCCNC(=O)c1cccc(OC)c1.I. The van der Waals surface area contributed by atoms with Crippen molar-refractivity contribution >= 4 is 35.8 Å². The Bertz CT molecular complexity index is 611. The van der Waals surface area contributed by atoms with Crippen LogP contribution in [0.4, 0.5) is 0 Å². The number of halogens is 1. The number of carbonyl (C=O) groups is 1. The molecule has 1 aromatic carbocycles. The van der Waals surface area contributed by atoms with E-state index < -0.39 is 0 Å². The molecule has 7 nitrogen and oxygen atoms in total. The summed E-state index contributed by atoms with van der Waals surface area (Å²) in [5.74, 6) is 2.20. The highest BCUT2D eigenvalue weighted by molar-refractivity contribution is 14.0. The number of hydrogen-bond donors (Lipinski definition) is 4. The summed E-state index contributed by atoms with van der Waals surface area (Å²) in [5, 5.41) is 18.6. The second-order valence-electron chi connectivity index (χ2n) is 7.14. The Hall–Kier alpha value is -1.55. The van der Waals surface area contributed by atoms with Gasteiger partial charge in [-0.15, -0.1) is 24.0 Å². The summed E-state index contributed by atoms with van der Waals surface area (Å²) in [6.45, 7) is 9.05. The first-order valence-corrected chi connectivity index (χ1v) is 10.0. The van der Waals surface area contributed by atoms with Gasteiger partial charge in [-0.1, -0.05) is 19.9 Å². The number of nitrogens with zero attached hydrogens (tertiary/aromatic N) is 1. The van der Waals surface area contributed by atoms with Gasteiger partial charge in [-0.3, -0.25) is 9.79 Å². The Morgan fingerprint density at radius 1 is 1.21 bits per heavy atom. The number of aliphatic imine (C=N–C) groups is 1. The molecule has 0 saturated heterocycles. The standard InChI is InChI=1S/C21H36N4O3.HI/c1-5-22-21(25-15-17(9-12-26)13-16(2)3)24-11-10-23-20(27)18-7-6-8-19(14-18)28-4;/h6-8,14,16-17,26H,5,9-13,15H2,1-4H3,(H,23,27)(H2,22,24,25);1H. The van der Waals surface area contributed by atoms with E-state index in [0.29, 0.717) is 42.8 Å². The van der Waals surface area contributed by atoms with Gasteiger partial charge in [0, 0.05) is 38.3 Å². The fraction of sp³-hybridized carbons (Fsp3) is 0.619. The second kappa shape index (κ2) is 16.3. The van der Waals surface area contributed by atoms with Gasteiger partial charge in [-0.25, -0.2) is 0 Å². The maximum absolute atomic E-state index is 12.2. The average molecular weight is 520 g/mol. The lowest BCUT2D eigenvalue weighted by Crippen LogP contribution is -2.41. The van der Waals surface area contributed by atoms with Crippen molar-refractivity contribution in [3.8, 4) is 5.75 Å². The third kappa shape index (κ3) is 11.9. The number of methoxy groups -OCH3 is 1. The zero-order valence-electron chi connectivity index (χ0n) is 18.0. The van der Waals surface area contributed by atoms with Crippen molar-refractivity contribution in [1.82, 2.24) is 16.0 Å². The number of aliphatic hydroxyl groups excluding tert-OH is 1. The van der Waals surface area contributed by atoms with E-state index in [9.17, 15) is 9.90 Å². The maximum atomic E-state index is 12.2. The van der Waals surface area contributed by atoms with Gasteiger partial charge in [0.25, 0.3) is 5.91 Å². The smallest absolute Gasteiger partial charge is 0.251 e. The van der Waals surface area contributed by atoms with E-state index in [1.807, 2.05) is 6.92 Å². The number of guanidine groups is 1. The third-order valence-electron chi connectivity index (χ3n) is 4.23. The number of ether oxygens (including phenoxy) is 1. The molecule has 8 heteroatoms. The van der Waals surface area contributed by atoms with E-state index in [0.717, 1.165) is 25.3 Å². The van der Waals surface area contributed by atoms with Crippen molar-refractivity contribution < 1.29 is 14.6 Å². The first kappa shape index (κ1) is 27.5. The number of rotatable bonds is 12. The van der Waals surface area contributed by atoms with Gasteiger partial charge < -0.3 is 25.8 Å². The number of aliphatic hydroxyl groups is 1. The van der Waals surface area contributed by atoms with Crippen molar-refractivity contribution in [2.45, 2.75) is 33.6 Å². The first-order valence-electron chi connectivity index (χ1n) is 10.0. The number of nitrogens with one attached hydrogen (secondary N) is 3. The molecule has 29 heavy (non-hydrogen) atoms. The lowest BCUT2D eigenvalue weighted by Gasteiger charge is -2.17. The van der Waals surface area contributed by atoms with E-state index in [2.05, 4.69) is 34.8 Å². The Morgan fingerprint density at radius 3 is 2.55 bits per heavy atom. The van der Waals surface area contributed by atoms with Gasteiger partial charge in [0.2, 0.25) is 0 Å². The van der Waals surface area contributed by atoms with Crippen LogP contribution in [0.5, 0.6) is 5.75 Å². The Morgan fingerprint density at radius 2 is 1.93 bits per heavy atom. The van der Waals surface area contributed by atoms with Gasteiger partial charge >= 0.3 is 0 Å². The second-order valence-corrected chi connectivity index (χ2v) is 7.14. The normalized spacial score (nSPS) is 12.1. The molecule has 4 N–H and O–H groups in total. The van der Waals surface area contributed by atoms with Crippen LogP contribution in [-0.4, -0.2) is 56.9 Å². The molecule has 1 rings (SSSR count). The highest BCUT2D eigenvalue weighted by atomic mass is 127. The summed E-state index contributed by atoms with van der Waals surface area (Å²) in [5.41, 5.74) is 0.570. The number of benzene rings is 1. The van der Waals surface area contributed by atoms with Gasteiger partial charge in [-0.05, 0) is 49.8 Å². The quantitative estimate of drug-likeness (QED) is 0.147. The van der Waals surface area contributed by atoms with Crippen LogP contribution in [0.15, 0.2) is 29.3 Å². The minimum absolute atomic E-state index is 0. The number of carbonyl (C=O) groups excluding carboxylic acids is 1. The van der Waals surface area contributed by atoms with Gasteiger partial charge in [0.1, 0.15) is 5.75 Å². The average Bonchev–Trinajstić information content (AvgIpc) is 2.68. The predicted molar refractivity (Wildman–Crippen MR) is 129 cm³/mol. The molecular formula is C21H37IN4O3. The topological polar surface area (TPSA) is 95.0 Å². The summed E-state index contributed by atoms with van der Waals surface area (Å²) < 4.78 is 5.14. The van der Waals surface area contributed by atoms with Crippen LogP contribution >= 0.6 is 24.0 Å². The first-order chi connectivity index (χ1) is 13.5. The fourth-order valence-electron chi connectivity index (χ4n) is 2.92. The summed E-state index contributed by atoms with van der Waals surface area (Å²) >= 11 is 0. The van der Waals surface area contributed by atoms with Crippen molar-refractivity contribution in [2.75, 3.05) is 39.9 Å². The molecule has 1 amide bonds. The third-order valence-corrected chi connectivity index (χ3v) is 4.23. The monoisotopic (exact) mass is 520 g/mol. The van der Waals surface area contributed by atoms with Crippen LogP contribution < -0.4 is 20.7 Å². The molecule has 1 aromatic rings. The van der Waals surface area contributed by atoms with Crippen LogP contribution in [0.1, 0.15) is 44.0 Å². The van der Waals surface area contributed by atoms with Gasteiger partial charge in [-0.2, -0.15) is 0 Å². The maximum Gasteiger partial charge on any atom is 0.251 e. The summed E-state index contributed by atoms with van der Waals surface area (Å²) in [6.07, 6.45) is 1.80. The molecule has 1 unspecified atom stereocenters. The Labute approximate surface area is 192 Å². The molecule has 1 atom stereocenters. The Kier molecular flexibility index (Phi) is 15.4. The van der Waals surface area contributed by atoms with Crippen LogP contribution in [-0.2, 0) is 0 Å². The minimum atomic E-state index is -0.136. The van der Waals surface area contributed by atoms with E-state index >= 15 is 0 Å². The lowest BCUT2D eigenvalue weighted by molar-refractivity contribution is 0.0954. The zero-order valence-corrected chi connectivity index (χ0v) is 20.4. The van der Waals surface area contributed by atoms with Crippen molar-refractivity contribution in [3.05, 3.63) is 29.8 Å². The molecule has 0 aliphatic carbocycles. The summed E-state index contributed by atoms with van der Waals surface area (Å²) in [6, 6.07) is 7.07. The predicted octanol–water partition coefficient (Wildman–Crippen LogP) is 2.64. The Balaban J connectivity index is 0.00000784. The minimum Gasteiger partial charge on any atom is -0.497 e. The molecule has 0 bridgehead atoms. The van der Waals surface area contributed by atoms with Gasteiger partial charge in [0.15, 0.2) is 5.96 Å². The number of amides is 1. The molecule has 0 saturated carbocycles. The van der Waals surface area contributed by atoms with Crippen LogP contribution in [0.25, 0.3) is 0 Å². The molecule has 0 aliphatic heterocycles. The van der Waals surface area contributed by atoms with E-state index in [1.165, 1.54) is 0 Å². The lowest BCUT2D eigenvalue weighted by atomic mass is 9.94. The highest BCUT2D eigenvalue weighted by Crippen LogP contribution is 2.15. The van der Waals surface area contributed by atoms with Gasteiger partial charge in [0.05, 0.1) is 7.11 Å². The molecule has 0 fully saturated rings. The molecule has 0 aliphatic rings. The highest BCUT2D eigenvalue weighted by Gasteiger charge is 2.11.